The number of carbonyl (C=O) groups excluding carboxylic acids is 2. The summed E-state index contributed by atoms with van der Waals surface area (Å²) in [4.78, 5) is 21.9. The third-order valence-electron chi connectivity index (χ3n) is 1.47. The molecule has 1 aromatic rings. The lowest BCUT2D eigenvalue weighted by Crippen LogP contribution is -2.27. The number of hydrogen-bond donors (Lipinski definition) is 1. The highest BCUT2D eigenvalue weighted by Crippen LogP contribution is 2.19. The van der Waals surface area contributed by atoms with Gasteiger partial charge in [0.05, 0.1) is 5.02 Å². The van der Waals surface area contributed by atoms with E-state index < -0.39 is 5.91 Å². The van der Waals surface area contributed by atoms with Crippen LogP contribution >= 0.6 is 34.2 Å². The number of benzene rings is 1. The van der Waals surface area contributed by atoms with Crippen LogP contribution in [-0.4, -0.2) is 11.8 Å². The number of imide groups is 1. The molecule has 0 aromatic heterocycles. The molecule has 74 valence electrons. The van der Waals surface area contributed by atoms with Crippen LogP contribution in [0.25, 0.3) is 0 Å². The minimum Gasteiger partial charge on any atom is -0.293 e. The van der Waals surface area contributed by atoms with Gasteiger partial charge in [-0.1, -0.05) is 11.6 Å². The SMILES string of the molecule is CC(=O)NC(=O)c1ccc(I)c(Cl)c1. The summed E-state index contributed by atoms with van der Waals surface area (Å²) < 4.78 is 0.864. The second kappa shape index (κ2) is 4.75. The largest absolute Gasteiger partial charge is 0.293 e. The van der Waals surface area contributed by atoms with E-state index >= 15 is 0 Å². The van der Waals surface area contributed by atoms with Crippen molar-refractivity contribution in [3.63, 3.8) is 0 Å². The minimum absolute atomic E-state index is 0.380. The monoisotopic (exact) mass is 323 g/mol. The van der Waals surface area contributed by atoms with Crippen LogP contribution in [0.1, 0.15) is 17.3 Å². The smallest absolute Gasteiger partial charge is 0.257 e. The van der Waals surface area contributed by atoms with E-state index in [-0.39, 0.29) is 5.91 Å². The van der Waals surface area contributed by atoms with E-state index in [1.165, 1.54) is 13.0 Å². The molecule has 0 aliphatic rings. The molecule has 0 heterocycles. The molecule has 0 unspecified atom stereocenters. The molecule has 0 spiro atoms. The van der Waals surface area contributed by atoms with Gasteiger partial charge in [0.1, 0.15) is 0 Å². The van der Waals surface area contributed by atoms with Gasteiger partial charge in [0.25, 0.3) is 5.91 Å². The summed E-state index contributed by atoms with van der Waals surface area (Å²) in [5, 5.41) is 2.67. The molecule has 5 heteroatoms. The van der Waals surface area contributed by atoms with Crippen molar-refractivity contribution in [2.24, 2.45) is 0 Å². The lowest BCUT2D eigenvalue weighted by molar-refractivity contribution is -0.118. The second-order valence-corrected chi connectivity index (χ2v) is 4.21. The molecule has 0 bridgehead atoms. The number of amides is 2. The number of carbonyl (C=O) groups is 2. The summed E-state index contributed by atoms with van der Waals surface area (Å²) in [6.07, 6.45) is 0. The van der Waals surface area contributed by atoms with Crippen LogP contribution in [0.2, 0.25) is 5.02 Å². The second-order valence-electron chi connectivity index (χ2n) is 2.64. The number of rotatable bonds is 1. The Morgan fingerprint density at radius 1 is 1.43 bits per heavy atom. The fourth-order valence-corrected chi connectivity index (χ4v) is 1.39. The Labute approximate surface area is 100.0 Å². The van der Waals surface area contributed by atoms with Gasteiger partial charge in [-0.2, -0.15) is 0 Å². The van der Waals surface area contributed by atoms with Gasteiger partial charge in [0.15, 0.2) is 0 Å². The molecule has 0 atom stereocenters. The molecule has 14 heavy (non-hydrogen) atoms. The first-order valence-electron chi connectivity index (χ1n) is 3.77. The summed E-state index contributed by atoms with van der Waals surface area (Å²) in [5.74, 6) is -0.819. The Morgan fingerprint density at radius 3 is 2.57 bits per heavy atom. The summed E-state index contributed by atoms with van der Waals surface area (Å²) >= 11 is 7.88. The molecule has 0 aliphatic carbocycles. The van der Waals surface area contributed by atoms with Gasteiger partial charge < -0.3 is 0 Å². The first kappa shape index (κ1) is 11.5. The molecule has 1 rings (SSSR count). The van der Waals surface area contributed by atoms with Crippen molar-refractivity contribution in [2.75, 3.05) is 0 Å². The Bertz CT molecular complexity index is 392. The maximum atomic E-state index is 11.3. The van der Waals surface area contributed by atoms with E-state index in [0.717, 1.165) is 3.57 Å². The fourth-order valence-electron chi connectivity index (χ4n) is 0.869. The van der Waals surface area contributed by atoms with Crippen LogP contribution in [0, 0.1) is 3.57 Å². The van der Waals surface area contributed by atoms with Crippen molar-refractivity contribution in [3.8, 4) is 0 Å². The molecule has 1 aromatic carbocycles. The lowest BCUT2D eigenvalue weighted by Gasteiger charge is -2.02. The van der Waals surface area contributed by atoms with E-state index in [4.69, 9.17) is 11.6 Å². The predicted octanol–water partition coefficient (Wildman–Crippen LogP) is 2.22. The van der Waals surface area contributed by atoms with Gasteiger partial charge in [-0.25, -0.2) is 0 Å². The molecule has 0 radical (unpaired) electrons. The Morgan fingerprint density at radius 2 is 2.07 bits per heavy atom. The summed E-state index contributed by atoms with van der Waals surface area (Å²) in [6, 6.07) is 4.87. The zero-order chi connectivity index (χ0) is 10.7. The number of halogens is 2. The van der Waals surface area contributed by atoms with Crippen molar-refractivity contribution in [2.45, 2.75) is 6.92 Å². The maximum Gasteiger partial charge on any atom is 0.257 e. The Balaban J connectivity index is 2.91. The average molecular weight is 324 g/mol. The van der Waals surface area contributed by atoms with Crippen LogP contribution in [0.5, 0.6) is 0 Å². The molecule has 0 saturated heterocycles. The summed E-state index contributed by atoms with van der Waals surface area (Å²) in [5.41, 5.74) is 0.380. The summed E-state index contributed by atoms with van der Waals surface area (Å²) in [7, 11) is 0. The minimum atomic E-state index is -0.434. The maximum absolute atomic E-state index is 11.3. The number of nitrogens with one attached hydrogen (secondary N) is 1. The van der Waals surface area contributed by atoms with Gasteiger partial charge in [-0.3, -0.25) is 14.9 Å². The first-order valence-corrected chi connectivity index (χ1v) is 5.23. The third-order valence-corrected chi connectivity index (χ3v) is 3.04. The molecule has 2 amide bonds. The molecular weight excluding hydrogens is 316 g/mol. The fraction of sp³-hybridized carbons (Fsp3) is 0.111. The highest BCUT2D eigenvalue weighted by Gasteiger charge is 2.08. The van der Waals surface area contributed by atoms with Gasteiger partial charge in [0.2, 0.25) is 5.91 Å². The normalized spacial score (nSPS) is 9.64. The van der Waals surface area contributed by atoms with Crippen LogP contribution in [0.15, 0.2) is 18.2 Å². The van der Waals surface area contributed by atoms with Gasteiger partial charge in [-0.15, -0.1) is 0 Å². The molecule has 1 N–H and O–H groups in total. The van der Waals surface area contributed by atoms with E-state index in [0.29, 0.717) is 10.6 Å². The molecule has 0 saturated carbocycles. The van der Waals surface area contributed by atoms with Crippen molar-refractivity contribution in [1.29, 1.82) is 0 Å². The average Bonchev–Trinajstić information content (AvgIpc) is 2.08. The number of hydrogen-bond acceptors (Lipinski definition) is 2. The van der Waals surface area contributed by atoms with Crippen LogP contribution in [0.3, 0.4) is 0 Å². The zero-order valence-corrected chi connectivity index (χ0v) is 10.2. The van der Waals surface area contributed by atoms with Gasteiger partial charge in [-0.05, 0) is 40.8 Å². The highest BCUT2D eigenvalue weighted by molar-refractivity contribution is 14.1. The Kier molecular flexibility index (Phi) is 3.88. The van der Waals surface area contributed by atoms with Gasteiger partial charge >= 0.3 is 0 Å². The molecule has 0 aliphatic heterocycles. The standard InChI is InChI=1S/C9H7ClINO2/c1-5(13)12-9(14)6-2-3-8(11)7(10)4-6/h2-4H,1H3,(H,12,13,14). The third kappa shape index (κ3) is 2.95. The quantitative estimate of drug-likeness (QED) is 0.806. The highest BCUT2D eigenvalue weighted by atomic mass is 127. The van der Waals surface area contributed by atoms with Crippen LogP contribution in [-0.2, 0) is 4.79 Å². The van der Waals surface area contributed by atoms with E-state index in [1.54, 1.807) is 12.1 Å². The van der Waals surface area contributed by atoms with Crippen LogP contribution < -0.4 is 5.32 Å². The predicted molar refractivity (Wildman–Crippen MR) is 62.3 cm³/mol. The van der Waals surface area contributed by atoms with Crippen molar-refractivity contribution < 1.29 is 9.59 Å². The topological polar surface area (TPSA) is 46.2 Å². The van der Waals surface area contributed by atoms with Crippen molar-refractivity contribution in [1.82, 2.24) is 5.32 Å². The van der Waals surface area contributed by atoms with Crippen molar-refractivity contribution in [3.05, 3.63) is 32.4 Å². The van der Waals surface area contributed by atoms with E-state index in [2.05, 4.69) is 27.9 Å². The molecule has 3 nitrogen and oxygen atoms in total. The molecular formula is C9H7ClINO2. The van der Waals surface area contributed by atoms with Crippen molar-refractivity contribution >= 4 is 46.0 Å². The summed E-state index contributed by atoms with van der Waals surface area (Å²) in [6.45, 7) is 1.28. The molecule has 0 fully saturated rings. The van der Waals surface area contributed by atoms with Crippen LogP contribution in [0.4, 0.5) is 0 Å². The van der Waals surface area contributed by atoms with E-state index in [1.807, 2.05) is 0 Å². The van der Waals surface area contributed by atoms with E-state index in [9.17, 15) is 9.59 Å². The first-order chi connectivity index (χ1) is 6.50. The Hall–Kier alpha value is -0.620. The zero-order valence-electron chi connectivity index (χ0n) is 7.30. The van der Waals surface area contributed by atoms with Gasteiger partial charge in [0, 0.05) is 16.1 Å². The lowest BCUT2D eigenvalue weighted by atomic mass is 10.2.